The summed E-state index contributed by atoms with van der Waals surface area (Å²) in [7, 11) is 0. The van der Waals surface area contributed by atoms with Crippen LogP contribution >= 0.6 is 0 Å². The summed E-state index contributed by atoms with van der Waals surface area (Å²) in [5, 5.41) is 0. The predicted molar refractivity (Wildman–Crippen MR) is 37.4 cm³/mol. The predicted octanol–water partition coefficient (Wildman–Crippen LogP) is 4.08. The first-order valence-corrected chi connectivity index (χ1v) is 4.28. The first-order chi connectivity index (χ1) is 8.31. The molecule has 0 amide bonds. The Labute approximate surface area is 97.8 Å². The maximum atomic E-state index is 12.7. The maximum Gasteiger partial charge on any atom is 0.377 e. The Hall–Kier alpha value is -0.810. The van der Waals surface area contributed by atoms with Gasteiger partial charge in [0.05, 0.1) is 6.42 Å². The third-order valence-electron chi connectivity index (χ3n) is 2.01. The van der Waals surface area contributed by atoms with Crippen molar-refractivity contribution in [1.29, 1.82) is 0 Å². The standard InChI is InChI=1S/C7H5F11O/c8-3(9)2(19-18)1-5(12,13)7(16,17)6(14,15)4(10)11/h2-4H,1H2. The van der Waals surface area contributed by atoms with Gasteiger partial charge in [0, 0.05) is 0 Å². The van der Waals surface area contributed by atoms with Crippen molar-refractivity contribution in [2.75, 3.05) is 0 Å². The molecule has 0 radical (unpaired) electrons. The molecule has 0 heterocycles. The highest BCUT2D eigenvalue weighted by atomic mass is 19.4. The van der Waals surface area contributed by atoms with E-state index in [1.807, 2.05) is 0 Å². The van der Waals surface area contributed by atoms with E-state index in [9.17, 15) is 48.4 Å². The van der Waals surface area contributed by atoms with E-state index in [0.717, 1.165) is 0 Å². The molecule has 0 spiro atoms. The monoisotopic (exact) mass is 314 g/mol. The third kappa shape index (κ3) is 3.39. The second-order valence-corrected chi connectivity index (χ2v) is 3.37. The quantitative estimate of drug-likeness (QED) is 0.643. The van der Waals surface area contributed by atoms with Gasteiger partial charge in [-0.2, -0.15) is 31.3 Å². The van der Waals surface area contributed by atoms with Gasteiger partial charge in [0.25, 0.3) is 6.43 Å². The van der Waals surface area contributed by atoms with Gasteiger partial charge in [-0.05, 0) is 4.53 Å². The lowest BCUT2D eigenvalue weighted by molar-refractivity contribution is -0.350. The average molecular weight is 314 g/mol. The molecule has 0 aromatic heterocycles. The summed E-state index contributed by atoms with van der Waals surface area (Å²) in [4.78, 5) is 2.22. The molecule has 1 atom stereocenters. The summed E-state index contributed by atoms with van der Waals surface area (Å²) in [5.41, 5.74) is 0. The zero-order chi connectivity index (χ0) is 15.6. The van der Waals surface area contributed by atoms with Crippen LogP contribution in [0.1, 0.15) is 6.42 Å². The Morgan fingerprint density at radius 1 is 0.842 bits per heavy atom. The topological polar surface area (TPSA) is 9.23 Å². The molecule has 0 aromatic rings. The summed E-state index contributed by atoms with van der Waals surface area (Å²) < 4.78 is 133. The molecule has 12 heteroatoms. The van der Waals surface area contributed by atoms with Gasteiger partial charge in [-0.3, -0.25) is 0 Å². The molecule has 0 bridgehead atoms. The van der Waals surface area contributed by atoms with Crippen LogP contribution in [0, 0.1) is 0 Å². The van der Waals surface area contributed by atoms with Gasteiger partial charge in [0.2, 0.25) is 0 Å². The molecule has 116 valence electrons. The van der Waals surface area contributed by atoms with E-state index in [2.05, 4.69) is 4.94 Å². The first kappa shape index (κ1) is 18.2. The molecule has 1 nitrogen and oxygen atoms in total. The highest BCUT2D eigenvalue weighted by Crippen LogP contribution is 2.50. The normalized spacial score (nSPS) is 16.3. The van der Waals surface area contributed by atoms with Gasteiger partial charge >= 0.3 is 24.2 Å². The van der Waals surface area contributed by atoms with E-state index in [1.54, 1.807) is 0 Å². The maximum absolute atomic E-state index is 12.7. The number of rotatable bonds is 7. The van der Waals surface area contributed by atoms with Crippen LogP contribution in [0.4, 0.5) is 48.4 Å². The highest BCUT2D eigenvalue weighted by Gasteiger charge is 2.75. The smallest absolute Gasteiger partial charge is 0.207 e. The van der Waals surface area contributed by atoms with E-state index >= 15 is 0 Å². The fraction of sp³-hybridized carbons (Fsp3) is 1.00. The van der Waals surface area contributed by atoms with Crippen molar-refractivity contribution in [3.63, 3.8) is 0 Å². The first-order valence-electron chi connectivity index (χ1n) is 4.28. The molecule has 0 N–H and O–H groups in total. The van der Waals surface area contributed by atoms with E-state index in [1.165, 1.54) is 0 Å². The van der Waals surface area contributed by atoms with Crippen LogP contribution in [-0.2, 0) is 4.94 Å². The van der Waals surface area contributed by atoms with Crippen molar-refractivity contribution in [3.8, 4) is 0 Å². The van der Waals surface area contributed by atoms with Crippen molar-refractivity contribution in [2.45, 2.75) is 43.1 Å². The molecular formula is C7H5F11O. The second kappa shape index (κ2) is 5.67. The van der Waals surface area contributed by atoms with E-state index in [0.29, 0.717) is 0 Å². The van der Waals surface area contributed by atoms with Crippen molar-refractivity contribution in [3.05, 3.63) is 0 Å². The van der Waals surface area contributed by atoms with Crippen LogP contribution in [0.15, 0.2) is 0 Å². The Morgan fingerprint density at radius 3 is 1.53 bits per heavy atom. The zero-order valence-electron chi connectivity index (χ0n) is 8.51. The Morgan fingerprint density at radius 2 is 1.26 bits per heavy atom. The lowest BCUT2D eigenvalue weighted by atomic mass is 9.99. The Balaban J connectivity index is 5.28. The number of hydrogen-bond donors (Lipinski definition) is 0. The Kier molecular flexibility index (Phi) is 5.43. The fourth-order valence-electron chi connectivity index (χ4n) is 0.921. The van der Waals surface area contributed by atoms with Gasteiger partial charge in [-0.1, -0.05) is 0 Å². The van der Waals surface area contributed by atoms with Crippen LogP contribution in [0.5, 0.6) is 0 Å². The highest BCUT2D eigenvalue weighted by molar-refractivity contribution is 4.99. The summed E-state index contributed by atoms with van der Waals surface area (Å²) in [6, 6.07) is 0. The average Bonchev–Trinajstić information content (AvgIpc) is 2.24. The summed E-state index contributed by atoms with van der Waals surface area (Å²) in [5.74, 6) is -19.2. The van der Waals surface area contributed by atoms with Gasteiger partial charge in [-0.25, -0.2) is 17.6 Å². The second-order valence-electron chi connectivity index (χ2n) is 3.37. The molecule has 0 saturated carbocycles. The molecule has 0 saturated heterocycles. The summed E-state index contributed by atoms with van der Waals surface area (Å²) in [6.07, 6.45) is -15.6. The van der Waals surface area contributed by atoms with Crippen molar-refractivity contribution >= 4 is 0 Å². The minimum atomic E-state index is -6.67. The van der Waals surface area contributed by atoms with Gasteiger partial charge < -0.3 is 0 Å². The number of halogens is 11. The van der Waals surface area contributed by atoms with Gasteiger partial charge in [-0.15, -0.1) is 0 Å². The third-order valence-corrected chi connectivity index (χ3v) is 2.01. The fourth-order valence-corrected chi connectivity index (χ4v) is 0.921. The molecular weight excluding hydrogens is 309 g/mol. The lowest BCUT2D eigenvalue weighted by Crippen LogP contribution is -2.58. The molecule has 0 aliphatic heterocycles. The summed E-state index contributed by atoms with van der Waals surface area (Å²) in [6.45, 7) is 0. The van der Waals surface area contributed by atoms with Crippen molar-refractivity contribution in [1.82, 2.24) is 0 Å². The molecule has 19 heavy (non-hydrogen) atoms. The molecule has 0 aromatic carbocycles. The number of alkyl halides is 10. The van der Waals surface area contributed by atoms with E-state index in [-0.39, 0.29) is 0 Å². The van der Waals surface area contributed by atoms with Crippen LogP contribution in [0.3, 0.4) is 0 Å². The SMILES string of the molecule is FOC(CC(F)(F)C(F)(F)C(F)(F)C(F)F)C(F)F. The van der Waals surface area contributed by atoms with Crippen LogP contribution in [0.25, 0.3) is 0 Å². The van der Waals surface area contributed by atoms with Gasteiger partial charge in [0.1, 0.15) is 0 Å². The molecule has 1 unspecified atom stereocenters. The van der Waals surface area contributed by atoms with Crippen molar-refractivity contribution < 1.29 is 53.4 Å². The summed E-state index contributed by atoms with van der Waals surface area (Å²) >= 11 is 0. The minimum Gasteiger partial charge on any atom is -0.207 e. The van der Waals surface area contributed by atoms with Crippen LogP contribution in [0.2, 0.25) is 0 Å². The van der Waals surface area contributed by atoms with Crippen LogP contribution < -0.4 is 0 Å². The van der Waals surface area contributed by atoms with Crippen molar-refractivity contribution in [2.24, 2.45) is 0 Å². The lowest BCUT2D eigenvalue weighted by Gasteiger charge is -2.33. The van der Waals surface area contributed by atoms with Crippen LogP contribution in [-0.4, -0.2) is 36.7 Å². The molecule has 0 fully saturated rings. The Bertz CT molecular complexity index is 289. The van der Waals surface area contributed by atoms with E-state index in [4.69, 9.17) is 0 Å². The van der Waals surface area contributed by atoms with Gasteiger partial charge in [0.15, 0.2) is 6.10 Å². The molecule has 0 aliphatic carbocycles. The zero-order valence-corrected chi connectivity index (χ0v) is 8.51. The molecule has 0 rings (SSSR count). The molecule has 0 aliphatic rings. The minimum absolute atomic E-state index is 2.22. The number of hydrogen-bond acceptors (Lipinski definition) is 1. The largest absolute Gasteiger partial charge is 0.377 e. The van der Waals surface area contributed by atoms with E-state index < -0.39 is 43.1 Å².